The molecule has 0 aromatic heterocycles. The summed E-state index contributed by atoms with van der Waals surface area (Å²) >= 11 is 2.73. The first-order chi connectivity index (χ1) is 8.55. The summed E-state index contributed by atoms with van der Waals surface area (Å²) in [5, 5.41) is 42.0. The van der Waals surface area contributed by atoms with Crippen LogP contribution in [0.4, 0.5) is 0 Å². The molecule has 0 amide bonds. The van der Waals surface area contributed by atoms with Crippen molar-refractivity contribution in [1.82, 2.24) is 5.32 Å². The second-order valence-corrected chi connectivity index (χ2v) is 12.5. The van der Waals surface area contributed by atoms with Crippen molar-refractivity contribution in [2.24, 2.45) is 0 Å². The second-order valence-electron chi connectivity index (χ2n) is 5.94. The van der Waals surface area contributed by atoms with Crippen LogP contribution in [-0.2, 0) is 4.74 Å². The number of aliphatic hydroxyl groups is 4. The van der Waals surface area contributed by atoms with Gasteiger partial charge in [0.25, 0.3) is 0 Å². The van der Waals surface area contributed by atoms with Crippen molar-refractivity contribution in [2.45, 2.75) is 56.3 Å². The van der Waals surface area contributed by atoms with E-state index in [9.17, 15) is 20.4 Å². The molecule has 19 heavy (non-hydrogen) atoms. The van der Waals surface area contributed by atoms with Gasteiger partial charge in [0.2, 0.25) is 0 Å². The van der Waals surface area contributed by atoms with Crippen LogP contribution in [0.3, 0.4) is 0 Å². The zero-order valence-electron chi connectivity index (χ0n) is 11.6. The molecular formula is C11H23NO5SeSi. The van der Waals surface area contributed by atoms with E-state index >= 15 is 0 Å². The van der Waals surface area contributed by atoms with E-state index in [1.807, 2.05) is 19.6 Å². The van der Waals surface area contributed by atoms with Gasteiger partial charge < -0.3 is 0 Å². The van der Waals surface area contributed by atoms with E-state index < -0.39 is 44.4 Å². The van der Waals surface area contributed by atoms with E-state index in [4.69, 9.17) is 4.74 Å². The number of hydrogen-bond acceptors (Lipinski definition) is 6. The van der Waals surface area contributed by atoms with E-state index in [1.54, 1.807) is 6.92 Å². The van der Waals surface area contributed by atoms with Crippen LogP contribution in [0.2, 0.25) is 19.6 Å². The fourth-order valence-corrected chi connectivity index (χ4v) is 4.95. The summed E-state index contributed by atoms with van der Waals surface area (Å²) in [5.74, 6) is 0. The predicted octanol–water partition coefficient (Wildman–Crippen LogP) is -2.06. The van der Waals surface area contributed by atoms with Crippen LogP contribution in [0.5, 0.6) is 0 Å². The van der Waals surface area contributed by atoms with E-state index in [0.717, 1.165) is 0 Å². The van der Waals surface area contributed by atoms with Crippen molar-refractivity contribution in [3.8, 4) is 0 Å². The summed E-state index contributed by atoms with van der Waals surface area (Å²) in [7, 11) is -2.30. The van der Waals surface area contributed by atoms with E-state index in [1.165, 1.54) is 0 Å². The average molecular weight is 356 g/mol. The van der Waals surface area contributed by atoms with Gasteiger partial charge in [0.1, 0.15) is 0 Å². The van der Waals surface area contributed by atoms with Gasteiger partial charge in [-0.25, -0.2) is 0 Å². The van der Waals surface area contributed by atoms with Gasteiger partial charge in [-0.05, 0) is 0 Å². The van der Waals surface area contributed by atoms with Gasteiger partial charge in [-0.1, -0.05) is 0 Å². The molecule has 0 aliphatic carbocycles. The van der Waals surface area contributed by atoms with Crippen molar-refractivity contribution in [3.63, 3.8) is 0 Å². The Balaban J connectivity index is 3.15. The molecule has 1 heterocycles. The Morgan fingerprint density at radius 1 is 1.37 bits per heavy atom. The minimum atomic E-state index is -2.30. The molecule has 8 heteroatoms. The molecule has 0 aromatic carbocycles. The zero-order valence-corrected chi connectivity index (χ0v) is 14.3. The molecule has 0 radical (unpaired) electrons. The third kappa shape index (κ3) is 3.11. The van der Waals surface area contributed by atoms with Crippen LogP contribution in [-0.4, -0.2) is 85.0 Å². The monoisotopic (exact) mass is 357 g/mol. The maximum absolute atomic E-state index is 10.9. The van der Waals surface area contributed by atoms with Crippen LogP contribution in [0.15, 0.2) is 0 Å². The van der Waals surface area contributed by atoms with E-state index in [-0.39, 0.29) is 0 Å². The average Bonchev–Trinajstić information content (AvgIpc) is 2.27. The topological polar surface area (TPSA) is 102 Å². The molecule has 1 unspecified atom stereocenters. The van der Waals surface area contributed by atoms with Crippen molar-refractivity contribution < 1.29 is 25.2 Å². The Bertz CT molecular complexity index is 350. The molecule has 1 aliphatic rings. The molecule has 0 aromatic rings. The zero-order chi connectivity index (χ0) is 15.0. The van der Waals surface area contributed by atoms with Gasteiger partial charge in [-0.15, -0.1) is 0 Å². The molecule has 5 atom stereocenters. The first kappa shape index (κ1) is 17.3. The summed E-state index contributed by atoms with van der Waals surface area (Å²) in [5.41, 5.74) is 0. The Labute approximate surface area is 122 Å². The van der Waals surface area contributed by atoms with Gasteiger partial charge in [0.05, 0.1) is 0 Å². The third-order valence-electron chi connectivity index (χ3n) is 3.63. The Kier molecular flexibility index (Phi) is 5.37. The maximum atomic E-state index is 10.9. The van der Waals surface area contributed by atoms with E-state index in [2.05, 4.69) is 20.9 Å². The van der Waals surface area contributed by atoms with Gasteiger partial charge in [-0.2, -0.15) is 0 Å². The first-order valence-electron chi connectivity index (χ1n) is 6.17. The second kappa shape index (κ2) is 5.91. The molecular weight excluding hydrogens is 333 g/mol. The Hall–Kier alpha value is 0.206. The number of hydrogen-bond donors (Lipinski definition) is 5. The molecule has 1 rings (SSSR count). The van der Waals surface area contributed by atoms with Crippen LogP contribution >= 0.6 is 0 Å². The minimum absolute atomic E-state index is 0.456. The fraction of sp³-hybridized carbons (Fsp3) is 0.909. The molecule has 6 nitrogen and oxygen atoms in total. The fourth-order valence-electron chi connectivity index (χ4n) is 2.47. The molecule has 112 valence electrons. The van der Waals surface area contributed by atoms with Gasteiger partial charge in [0.15, 0.2) is 0 Å². The van der Waals surface area contributed by atoms with E-state index in [0.29, 0.717) is 4.54 Å². The third-order valence-corrected chi connectivity index (χ3v) is 6.90. The van der Waals surface area contributed by atoms with Crippen LogP contribution in [0.25, 0.3) is 0 Å². The predicted molar refractivity (Wildman–Crippen MR) is 75.6 cm³/mol. The van der Waals surface area contributed by atoms with Crippen molar-refractivity contribution in [3.05, 3.63) is 0 Å². The molecule has 1 fully saturated rings. The van der Waals surface area contributed by atoms with Crippen LogP contribution in [0, 0.1) is 0 Å². The van der Waals surface area contributed by atoms with Crippen molar-refractivity contribution in [2.75, 3.05) is 6.61 Å². The van der Waals surface area contributed by atoms with Crippen LogP contribution in [0.1, 0.15) is 6.92 Å². The molecule has 0 saturated carbocycles. The quantitative estimate of drug-likeness (QED) is 0.372. The molecule has 5 N–H and O–H groups in total. The normalized spacial score (nSPS) is 40.0. The molecule has 1 aliphatic heterocycles. The van der Waals surface area contributed by atoms with Crippen molar-refractivity contribution in [1.29, 1.82) is 0 Å². The summed E-state index contributed by atoms with van der Waals surface area (Å²) in [6, 6.07) is -0.847. The molecule has 0 spiro atoms. The number of aliphatic hydroxyl groups excluding tert-OH is 3. The summed E-state index contributed by atoms with van der Waals surface area (Å²) in [6.45, 7) is 6.93. The first-order valence-corrected chi connectivity index (χ1v) is 10.5. The Morgan fingerprint density at radius 3 is 2.26 bits per heavy atom. The van der Waals surface area contributed by atoms with Crippen molar-refractivity contribution >= 4 is 28.2 Å². The summed E-state index contributed by atoms with van der Waals surface area (Å²) in [4.78, 5) is 0. The number of nitrogens with one attached hydrogen (secondary N) is 1. The summed E-state index contributed by atoms with van der Waals surface area (Å²) < 4.78 is 5.98. The van der Waals surface area contributed by atoms with Crippen LogP contribution < -0.4 is 5.32 Å². The van der Waals surface area contributed by atoms with Gasteiger partial charge >= 0.3 is 122 Å². The Morgan fingerprint density at radius 2 is 1.89 bits per heavy atom. The SMILES string of the molecule is CC(=[Se])N[C@@H]1C(O)O[C@H](CO)[C@](O)([Si](C)(C)C)[C@@H]1O. The molecule has 0 bridgehead atoms. The number of ether oxygens (including phenoxy) is 1. The van der Waals surface area contributed by atoms with Gasteiger partial charge in [0, 0.05) is 0 Å². The van der Waals surface area contributed by atoms with Gasteiger partial charge in [-0.3, -0.25) is 0 Å². The number of rotatable bonds is 4. The standard InChI is InChI=1S/C11H23NO5SeSi/c1-6(18)12-8-9(14)11(16,19(2,3)4)7(5-13)17-10(8)15/h7-10,13-16H,5H2,1-4H3,(H,12,18)/t7-,8+,9-,10?,11+/m1/s1. The molecule has 1 saturated heterocycles. The summed E-state index contributed by atoms with van der Waals surface area (Å²) in [6.07, 6.45) is -3.53.